The average Bonchev–Trinajstić information content (AvgIpc) is 2.71. The highest BCUT2D eigenvalue weighted by atomic mass is 31.2. The van der Waals surface area contributed by atoms with E-state index in [4.69, 9.17) is 4.52 Å². The number of unbranched alkanes of at least 4 members (excludes halogenated alkanes) is 15. The molecule has 0 heterocycles. The highest BCUT2D eigenvalue weighted by Crippen LogP contribution is 2.51. The minimum atomic E-state index is -3.55. The number of nitrogens with zero attached hydrogens (tertiary/aromatic N) is 1. The molecule has 0 fully saturated rings. The van der Waals surface area contributed by atoms with Gasteiger partial charge in [-0.1, -0.05) is 103 Å². The summed E-state index contributed by atoms with van der Waals surface area (Å²) in [5.74, 6) is -0.348. The van der Waals surface area contributed by atoms with Crippen LogP contribution in [0.5, 0.6) is 0 Å². The van der Waals surface area contributed by atoms with Gasteiger partial charge >= 0.3 is 7.60 Å². The minimum absolute atomic E-state index is 0.348. The van der Waals surface area contributed by atoms with E-state index in [0.717, 1.165) is 12.8 Å². The monoisotopic (exact) mass is 474 g/mol. The fourth-order valence-electron chi connectivity index (χ4n) is 4.38. The van der Waals surface area contributed by atoms with Crippen LogP contribution in [0.15, 0.2) is 12.2 Å². The van der Waals surface area contributed by atoms with Gasteiger partial charge in [0.15, 0.2) is 5.78 Å². The highest BCUT2D eigenvalue weighted by Gasteiger charge is 2.41. The fraction of sp³-hybridized carbons (Fsp3) is 0.926. The Labute approximate surface area is 201 Å². The van der Waals surface area contributed by atoms with E-state index in [-0.39, 0.29) is 5.78 Å². The zero-order valence-corrected chi connectivity index (χ0v) is 23.2. The maximum absolute atomic E-state index is 12.5. The van der Waals surface area contributed by atoms with Crippen molar-refractivity contribution >= 4 is 7.60 Å². The Balaban J connectivity index is 3.44. The molecule has 4 nitrogen and oxygen atoms in total. The molecule has 0 aliphatic heterocycles. The average molecular weight is 475 g/mol. The maximum atomic E-state index is 12.5. The Morgan fingerprint density at radius 1 is 0.719 bits per heavy atom. The molecule has 2 unspecified atom stereocenters. The summed E-state index contributed by atoms with van der Waals surface area (Å²) in [5.41, 5.74) is 0. The van der Waals surface area contributed by atoms with Crippen molar-refractivity contribution in [1.29, 1.82) is 0 Å². The molecule has 0 radical (unpaired) electrons. The van der Waals surface area contributed by atoms with E-state index in [2.05, 4.69) is 19.1 Å². The van der Waals surface area contributed by atoms with E-state index < -0.39 is 7.60 Å². The molecule has 0 spiro atoms. The van der Waals surface area contributed by atoms with Gasteiger partial charge in [0.25, 0.3) is 0 Å². The third kappa shape index (κ3) is 18.3. The molecule has 0 aliphatic carbocycles. The van der Waals surface area contributed by atoms with Crippen molar-refractivity contribution in [3.8, 4) is 0 Å². The van der Waals surface area contributed by atoms with E-state index in [1.54, 1.807) is 0 Å². The first-order valence-corrected chi connectivity index (χ1v) is 15.3. The summed E-state index contributed by atoms with van der Waals surface area (Å²) >= 11 is 0. The molecular weight excluding hydrogens is 417 g/mol. The predicted octanol–water partition coefficient (Wildman–Crippen LogP) is 8.84. The van der Waals surface area contributed by atoms with Crippen molar-refractivity contribution in [2.24, 2.45) is 0 Å². The van der Waals surface area contributed by atoms with Crippen molar-refractivity contribution in [2.45, 2.75) is 135 Å². The molecule has 0 aromatic heterocycles. The second-order valence-corrected chi connectivity index (χ2v) is 12.4. The van der Waals surface area contributed by atoms with Crippen LogP contribution in [0.25, 0.3) is 0 Å². The van der Waals surface area contributed by atoms with Crippen molar-refractivity contribution in [2.75, 3.05) is 27.7 Å². The lowest BCUT2D eigenvalue weighted by atomic mass is 10.1. The zero-order chi connectivity index (χ0) is 24.1. The van der Waals surface area contributed by atoms with Crippen molar-refractivity contribution in [1.82, 2.24) is 0 Å². The summed E-state index contributed by atoms with van der Waals surface area (Å²) in [5, 5.41) is 0. The summed E-state index contributed by atoms with van der Waals surface area (Å²) in [4.78, 5) is 10.3. The molecule has 0 bridgehead atoms. The quantitative estimate of drug-likeness (QED) is 0.0696. The van der Waals surface area contributed by atoms with E-state index in [9.17, 15) is 9.46 Å². The lowest BCUT2D eigenvalue weighted by Gasteiger charge is -2.35. The van der Waals surface area contributed by atoms with Gasteiger partial charge in [-0.3, -0.25) is 4.57 Å². The van der Waals surface area contributed by atoms with E-state index in [1.165, 1.54) is 96.3 Å². The molecule has 32 heavy (non-hydrogen) atoms. The molecule has 0 saturated carbocycles. The third-order valence-electron chi connectivity index (χ3n) is 6.32. The largest absolute Gasteiger partial charge is 0.385 e. The standard InChI is InChI=1S/C27H56NO3P/c1-6-8-9-10-11-12-13-14-15-16-17-18-19-20-21-22-23-24-25-26-31-32(29,30)27(7-2)28(3,4)5/h13-14,27H,6-12,15-26H2,1-5H3/p+1. The smallest absolute Gasteiger partial charge is 0.320 e. The number of allylic oxidation sites excluding steroid dienone is 2. The van der Waals surface area contributed by atoms with Crippen LogP contribution in [0.4, 0.5) is 0 Å². The SMILES string of the molecule is CCCCCCCC=CCCCCCCCCCCCCOP(=O)(O)C(CC)[N+](C)(C)C. The second-order valence-electron chi connectivity index (χ2n) is 10.4. The van der Waals surface area contributed by atoms with E-state index >= 15 is 0 Å². The molecule has 0 amide bonds. The zero-order valence-electron chi connectivity index (χ0n) is 22.3. The van der Waals surface area contributed by atoms with Crippen LogP contribution in [-0.2, 0) is 9.09 Å². The van der Waals surface area contributed by atoms with Crippen LogP contribution in [0.1, 0.15) is 129 Å². The molecule has 2 atom stereocenters. The van der Waals surface area contributed by atoms with Gasteiger partial charge in [-0.2, -0.15) is 0 Å². The van der Waals surface area contributed by atoms with Crippen molar-refractivity contribution in [3.63, 3.8) is 0 Å². The predicted molar refractivity (Wildman–Crippen MR) is 141 cm³/mol. The maximum Gasteiger partial charge on any atom is 0.385 e. The van der Waals surface area contributed by atoms with Crippen LogP contribution in [0.3, 0.4) is 0 Å². The number of hydrogen-bond donors (Lipinski definition) is 1. The third-order valence-corrected chi connectivity index (χ3v) is 8.68. The van der Waals surface area contributed by atoms with Crippen LogP contribution >= 0.6 is 7.60 Å². The Morgan fingerprint density at radius 2 is 1.12 bits per heavy atom. The molecule has 0 aliphatic rings. The molecule has 0 rings (SSSR count). The van der Waals surface area contributed by atoms with Gasteiger partial charge in [-0.15, -0.1) is 0 Å². The van der Waals surface area contributed by atoms with Gasteiger partial charge in [0.05, 0.1) is 27.7 Å². The first-order valence-electron chi connectivity index (χ1n) is 13.7. The molecule has 0 aromatic carbocycles. The molecule has 0 saturated heterocycles. The van der Waals surface area contributed by atoms with Gasteiger partial charge < -0.3 is 13.9 Å². The van der Waals surface area contributed by atoms with E-state index in [1.807, 2.05) is 28.1 Å². The van der Waals surface area contributed by atoms with Crippen LogP contribution in [0, 0.1) is 0 Å². The topological polar surface area (TPSA) is 46.5 Å². The number of quaternary nitrogens is 1. The second kappa shape index (κ2) is 20.2. The summed E-state index contributed by atoms with van der Waals surface area (Å²) < 4.78 is 18.4. The van der Waals surface area contributed by atoms with Gasteiger partial charge in [0.1, 0.15) is 0 Å². The molecular formula is C27H57NO3P+. The van der Waals surface area contributed by atoms with Gasteiger partial charge in [0, 0.05) is 6.42 Å². The number of hydrogen-bond acceptors (Lipinski definition) is 2. The summed E-state index contributed by atoms with van der Waals surface area (Å²) in [6.45, 7) is 4.63. The Hall–Kier alpha value is -0.150. The summed E-state index contributed by atoms with van der Waals surface area (Å²) in [6.07, 6.45) is 27.4. The lowest BCUT2D eigenvalue weighted by Crippen LogP contribution is -2.44. The Kier molecular flexibility index (Phi) is 20.1. The van der Waals surface area contributed by atoms with Crippen molar-refractivity contribution < 1.29 is 18.5 Å². The lowest BCUT2D eigenvalue weighted by molar-refractivity contribution is -0.883. The Morgan fingerprint density at radius 3 is 1.53 bits per heavy atom. The molecule has 192 valence electrons. The summed E-state index contributed by atoms with van der Waals surface area (Å²) in [7, 11) is 2.31. The minimum Gasteiger partial charge on any atom is -0.320 e. The van der Waals surface area contributed by atoms with Crippen molar-refractivity contribution in [3.05, 3.63) is 12.2 Å². The molecule has 5 heteroatoms. The van der Waals surface area contributed by atoms with Gasteiger partial charge in [-0.25, -0.2) is 0 Å². The van der Waals surface area contributed by atoms with Crippen LogP contribution in [-0.4, -0.2) is 42.9 Å². The van der Waals surface area contributed by atoms with Crippen LogP contribution < -0.4 is 0 Å². The van der Waals surface area contributed by atoms with Gasteiger partial charge in [-0.05, 0) is 32.1 Å². The first-order chi connectivity index (χ1) is 15.3. The first kappa shape index (κ1) is 31.9. The molecule has 1 N–H and O–H groups in total. The fourth-order valence-corrected chi connectivity index (χ4v) is 6.28. The normalized spacial score (nSPS) is 15.3. The van der Waals surface area contributed by atoms with Crippen LogP contribution in [0.2, 0.25) is 0 Å². The van der Waals surface area contributed by atoms with Gasteiger partial charge in [0.2, 0.25) is 0 Å². The highest BCUT2D eigenvalue weighted by molar-refractivity contribution is 7.53. The summed E-state index contributed by atoms with van der Waals surface area (Å²) in [6, 6.07) is 0. The molecule has 0 aromatic rings. The number of rotatable bonds is 23. The van der Waals surface area contributed by atoms with E-state index in [0.29, 0.717) is 17.5 Å². The Bertz CT molecular complexity index is 488.